The summed E-state index contributed by atoms with van der Waals surface area (Å²) in [5.41, 5.74) is 1.07. The summed E-state index contributed by atoms with van der Waals surface area (Å²) in [6.45, 7) is 4.60. The number of nitrogens with one attached hydrogen (secondary N) is 2. The number of carbonyl (C=O) groups is 1. The van der Waals surface area contributed by atoms with Crippen LogP contribution in [0.5, 0.6) is 11.5 Å². The van der Waals surface area contributed by atoms with Crippen molar-refractivity contribution >= 4 is 28.9 Å². The molecule has 1 heterocycles. The molecule has 166 valence electrons. The number of thiocarbonyl (C=S) groups is 1. The molecule has 2 N–H and O–H groups in total. The predicted octanol–water partition coefficient (Wildman–Crippen LogP) is 3.79. The molecule has 2 aromatic carbocycles. The first-order valence-corrected chi connectivity index (χ1v) is 10.8. The zero-order valence-corrected chi connectivity index (χ0v) is 18.4. The molecule has 1 amide bonds. The van der Waals surface area contributed by atoms with Crippen molar-refractivity contribution in [3.63, 3.8) is 0 Å². The van der Waals surface area contributed by atoms with Crippen molar-refractivity contribution in [2.45, 2.75) is 25.9 Å². The molecule has 31 heavy (non-hydrogen) atoms. The summed E-state index contributed by atoms with van der Waals surface area (Å²) in [7, 11) is 0. The highest BCUT2D eigenvalue weighted by atomic mass is 32.1. The summed E-state index contributed by atoms with van der Waals surface area (Å²) in [4.78, 5) is 12.7. The van der Waals surface area contributed by atoms with Crippen molar-refractivity contribution in [2.24, 2.45) is 0 Å². The van der Waals surface area contributed by atoms with Gasteiger partial charge in [0, 0.05) is 13.2 Å². The van der Waals surface area contributed by atoms with E-state index >= 15 is 0 Å². The fourth-order valence-electron chi connectivity index (χ4n) is 3.11. The van der Waals surface area contributed by atoms with E-state index in [2.05, 4.69) is 10.6 Å². The van der Waals surface area contributed by atoms with Crippen LogP contribution < -0.4 is 20.1 Å². The average Bonchev–Trinajstić information content (AvgIpc) is 3.30. The maximum Gasteiger partial charge on any atom is 0.261 e. The molecule has 0 spiro atoms. The Morgan fingerprint density at radius 2 is 1.87 bits per heavy atom. The molecule has 7 nitrogen and oxygen atoms in total. The van der Waals surface area contributed by atoms with Crippen LogP contribution in [-0.2, 0) is 9.47 Å². The summed E-state index contributed by atoms with van der Waals surface area (Å²) >= 11 is 5.34. The van der Waals surface area contributed by atoms with Crippen LogP contribution in [0, 0.1) is 0 Å². The van der Waals surface area contributed by atoms with Crippen LogP contribution in [0.1, 0.15) is 30.1 Å². The number of benzene rings is 2. The second-order valence-corrected chi connectivity index (χ2v) is 7.30. The number of hydrogen-bond donors (Lipinski definition) is 2. The van der Waals surface area contributed by atoms with Gasteiger partial charge in [0.15, 0.2) is 5.11 Å². The minimum Gasteiger partial charge on any atom is -0.490 e. The van der Waals surface area contributed by atoms with Gasteiger partial charge in [0.05, 0.1) is 24.0 Å². The summed E-state index contributed by atoms with van der Waals surface area (Å²) < 4.78 is 22.5. The molecule has 1 saturated heterocycles. The highest BCUT2D eigenvalue weighted by Crippen LogP contribution is 2.25. The smallest absolute Gasteiger partial charge is 0.261 e. The van der Waals surface area contributed by atoms with E-state index in [1.165, 1.54) is 0 Å². The molecule has 1 fully saturated rings. The van der Waals surface area contributed by atoms with E-state index in [1.807, 2.05) is 37.3 Å². The normalized spacial score (nSPS) is 15.3. The van der Waals surface area contributed by atoms with Crippen molar-refractivity contribution in [3.8, 4) is 11.5 Å². The Balaban J connectivity index is 1.57. The molecular formula is C23H28N2O5S. The predicted molar refractivity (Wildman–Crippen MR) is 123 cm³/mol. The fraction of sp³-hybridized carbons (Fsp3) is 0.391. The van der Waals surface area contributed by atoms with E-state index in [0.29, 0.717) is 49.2 Å². The molecule has 0 radical (unpaired) electrons. The molecule has 8 heteroatoms. The number of hydrogen-bond acceptors (Lipinski definition) is 6. The third-order valence-corrected chi connectivity index (χ3v) is 4.84. The first-order valence-electron chi connectivity index (χ1n) is 10.4. The number of para-hydroxylation sites is 3. The lowest BCUT2D eigenvalue weighted by atomic mass is 10.2. The number of ether oxygens (including phenoxy) is 4. The van der Waals surface area contributed by atoms with E-state index in [-0.39, 0.29) is 17.1 Å². The van der Waals surface area contributed by atoms with Gasteiger partial charge in [-0.25, -0.2) is 0 Å². The molecule has 0 saturated carbocycles. The van der Waals surface area contributed by atoms with Gasteiger partial charge in [-0.1, -0.05) is 24.3 Å². The minimum atomic E-state index is -0.359. The number of carbonyl (C=O) groups excluding carboxylic acids is 1. The first-order chi connectivity index (χ1) is 15.2. The number of amides is 1. The lowest BCUT2D eigenvalue weighted by molar-refractivity contribution is 0.0682. The largest absolute Gasteiger partial charge is 0.490 e. The second-order valence-electron chi connectivity index (χ2n) is 6.89. The maximum atomic E-state index is 12.7. The average molecular weight is 445 g/mol. The second kappa shape index (κ2) is 12.2. The third-order valence-electron chi connectivity index (χ3n) is 4.63. The summed E-state index contributed by atoms with van der Waals surface area (Å²) in [6.07, 6.45) is 2.16. The molecule has 2 aromatic rings. The minimum absolute atomic E-state index is 0.110. The maximum absolute atomic E-state index is 12.7. The van der Waals surface area contributed by atoms with E-state index in [0.717, 1.165) is 19.4 Å². The van der Waals surface area contributed by atoms with Crippen LogP contribution in [0.4, 0.5) is 5.69 Å². The van der Waals surface area contributed by atoms with Crippen LogP contribution in [0.2, 0.25) is 0 Å². The Morgan fingerprint density at radius 3 is 2.65 bits per heavy atom. The molecule has 1 aliphatic heterocycles. The molecule has 1 unspecified atom stereocenters. The van der Waals surface area contributed by atoms with Crippen LogP contribution in [0.3, 0.4) is 0 Å². The zero-order chi connectivity index (χ0) is 21.9. The Bertz CT molecular complexity index is 871. The van der Waals surface area contributed by atoms with Gasteiger partial charge in [-0.2, -0.15) is 0 Å². The van der Waals surface area contributed by atoms with Crippen LogP contribution >= 0.6 is 12.2 Å². The lowest BCUT2D eigenvalue weighted by Gasteiger charge is -2.17. The van der Waals surface area contributed by atoms with Crippen molar-refractivity contribution in [2.75, 3.05) is 38.4 Å². The zero-order valence-electron chi connectivity index (χ0n) is 17.6. The number of anilines is 1. The topological polar surface area (TPSA) is 78.1 Å². The van der Waals surface area contributed by atoms with Crippen LogP contribution in [0.15, 0.2) is 48.5 Å². The molecule has 0 aliphatic carbocycles. The van der Waals surface area contributed by atoms with Crippen LogP contribution in [0.25, 0.3) is 0 Å². The molecule has 1 aliphatic rings. The lowest BCUT2D eigenvalue weighted by Crippen LogP contribution is -2.34. The Hall–Kier alpha value is -2.68. The SMILES string of the molecule is CCOCCOc1ccccc1C(=O)NC(=S)Nc1ccccc1OCC1CCCO1. The van der Waals surface area contributed by atoms with Gasteiger partial charge in [-0.05, 0) is 56.2 Å². The molecule has 1 atom stereocenters. The van der Waals surface area contributed by atoms with Crippen molar-refractivity contribution in [1.29, 1.82) is 0 Å². The Labute approximate surface area is 188 Å². The summed E-state index contributed by atoms with van der Waals surface area (Å²) in [5.74, 6) is 0.763. The fourth-order valence-corrected chi connectivity index (χ4v) is 3.32. The highest BCUT2D eigenvalue weighted by molar-refractivity contribution is 7.80. The van der Waals surface area contributed by atoms with Gasteiger partial charge in [-0.3, -0.25) is 10.1 Å². The quantitative estimate of drug-likeness (QED) is 0.426. The van der Waals surface area contributed by atoms with Gasteiger partial charge in [0.1, 0.15) is 24.7 Å². The Kier molecular flexibility index (Phi) is 9.08. The van der Waals surface area contributed by atoms with Crippen LogP contribution in [-0.4, -0.2) is 50.2 Å². The summed E-state index contributed by atoms with van der Waals surface area (Å²) in [5, 5.41) is 5.91. The Morgan fingerprint density at radius 1 is 1.10 bits per heavy atom. The monoisotopic (exact) mass is 444 g/mol. The van der Waals surface area contributed by atoms with Crippen molar-refractivity contribution in [1.82, 2.24) is 5.32 Å². The third kappa shape index (κ3) is 7.20. The molecular weight excluding hydrogens is 416 g/mol. The van der Waals surface area contributed by atoms with E-state index in [1.54, 1.807) is 18.2 Å². The van der Waals surface area contributed by atoms with E-state index in [4.69, 9.17) is 31.2 Å². The van der Waals surface area contributed by atoms with Gasteiger partial charge in [0.2, 0.25) is 0 Å². The molecule has 0 aromatic heterocycles. The van der Waals surface area contributed by atoms with E-state index < -0.39 is 0 Å². The molecule has 0 bridgehead atoms. The summed E-state index contributed by atoms with van der Waals surface area (Å²) in [6, 6.07) is 14.5. The molecule has 3 rings (SSSR count). The van der Waals surface area contributed by atoms with Gasteiger partial charge >= 0.3 is 0 Å². The van der Waals surface area contributed by atoms with Gasteiger partial charge in [-0.15, -0.1) is 0 Å². The first kappa shape index (κ1) is 23.0. The van der Waals surface area contributed by atoms with Crippen molar-refractivity contribution in [3.05, 3.63) is 54.1 Å². The number of rotatable bonds is 10. The van der Waals surface area contributed by atoms with Gasteiger partial charge < -0.3 is 24.3 Å². The van der Waals surface area contributed by atoms with E-state index in [9.17, 15) is 4.79 Å². The van der Waals surface area contributed by atoms with Gasteiger partial charge in [0.25, 0.3) is 5.91 Å². The van der Waals surface area contributed by atoms with Crippen molar-refractivity contribution < 1.29 is 23.7 Å². The standard InChI is InChI=1S/C23H28N2O5S/c1-2-27-14-15-29-20-11-5-3-9-18(20)22(26)25-23(31)24-19-10-4-6-12-21(19)30-16-17-8-7-13-28-17/h3-6,9-12,17H,2,7-8,13-16H2,1H3,(H2,24,25,26,31). The highest BCUT2D eigenvalue weighted by Gasteiger charge is 2.18.